The van der Waals surface area contributed by atoms with Crippen LogP contribution in [0.4, 0.5) is 0 Å². The minimum absolute atomic E-state index is 0.735. The second-order valence-corrected chi connectivity index (χ2v) is 5.04. The molecule has 0 spiro atoms. The highest BCUT2D eigenvalue weighted by Gasteiger charge is 2.40. The highest BCUT2D eigenvalue weighted by molar-refractivity contribution is 5.43. The smallest absolute Gasteiger partial charge is 0.0305 e. The lowest BCUT2D eigenvalue weighted by molar-refractivity contribution is 0.300. The van der Waals surface area contributed by atoms with Crippen molar-refractivity contribution in [3.8, 4) is 0 Å². The Bertz CT molecular complexity index is 295. The van der Waals surface area contributed by atoms with Crippen molar-refractivity contribution in [3.05, 3.63) is 29.6 Å². The summed E-state index contributed by atoms with van der Waals surface area (Å²) in [6.45, 7) is 9.28. The molecular formula is C13H19N. The van der Waals surface area contributed by atoms with E-state index >= 15 is 0 Å². The molecule has 0 N–H and O–H groups in total. The molecule has 2 unspecified atom stereocenters. The Hall–Kier alpha value is -0.850. The molecule has 0 amide bonds. The van der Waals surface area contributed by atoms with Crippen LogP contribution in [0.5, 0.6) is 0 Å². The summed E-state index contributed by atoms with van der Waals surface area (Å²) in [4.78, 5) is 4.22. The van der Waals surface area contributed by atoms with Crippen molar-refractivity contribution in [2.45, 2.75) is 39.5 Å². The van der Waals surface area contributed by atoms with Crippen LogP contribution in [-0.4, -0.2) is 4.98 Å². The first-order valence-electron chi connectivity index (χ1n) is 5.56. The molecule has 0 aromatic carbocycles. The zero-order chi connectivity index (χ0) is 10.3. The van der Waals surface area contributed by atoms with Crippen LogP contribution in [0.1, 0.15) is 50.7 Å². The van der Waals surface area contributed by atoms with E-state index in [1.165, 1.54) is 11.1 Å². The maximum atomic E-state index is 4.22. The predicted octanol–water partition coefficient (Wildman–Crippen LogP) is 3.57. The third-order valence-corrected chi connectivity index (χ3v) is 3.43. The van der Waals surface area contributed by atoms with Gasteiger partial charge in [0.25, 0.3) is 0 Å². The van der Waals surface area contributed by atoms with Crippen molar-refractivity contribution in [2.24, 2.45) is 11.8 Å². The molecule has 0 radical (unpaired) electrons. The summed E-state index contributed by atoms with van der Waals surface area (Å²) in [5.41, 5.74) is 3.02. The highest BCUT2D eigenvalue weighted by atomic mass is 14.6. The summed E-state index contributed by atoms with van der Waals surface area (Å²) in [7, 11) is 0. The van der Waals surface area contributed by atoms with Crippen LogP contribution in [0.25, 0.3) is 0 Å². The zero-order valence-corrected chi connectivity index (χ0v) is 9.49. The summed E-state index contributed by atoms with van der Waals surface area (Å²) in [6, 6.07) is 2.19. The molecule has 2 rings (SSSR count). The number of fused-ring (bicyclic) bond motifs is 1. The van der Waals surface area contributed by atoms with E-state index in [2.05, 4.69) is 44.9 Å². The second kappa shape index (κ2) is 3.38. The molecule has 76 valence electrons. The fourth-order valence-electron chi connectivity index (χ4n) is 2.84. The second-order valence-electron chi connectivity index (χ2n) is 5.04. The molecule has 0 saturated carbocycles. The van der Waals surface area contributed by atoms with Crippen LogP contribution in [-0.2, 0) is 0 Å². The average molecular weight is 189 g/mol. The maximum absolute atomic E-state index is 4.22. The van der Waals surface area contributed by atoms with Crippen LogP contribution in [0.15, 0.2) is 18.5 Å². The normalized spacial score (nSPS) is 25.0. The zero-order valence-electron chi connectivity index (χ0n) is 9.49. The van der Waals surface area contributed by atoms with E-state index in [9.17, 15) is 0 Å². The van der Waals surface area contributed by atoms with Crippen molar-refractivity contribution in [1.29, 1.82) is 0 Å². The molecule has 1 aromatic heterocycles. The van der Waals surface area contributed by atoms with Crippen molar-refractivity contribution < 1.29 is 0 Å². The van der Waals surface area contributed by atoms with Crippen molar-refractivity contribution in [3.63, 3.8) is 0 Å². The highest BCUT2D eigenvalue weighted by Crippen LogP contribution is 2.53. The molecule has 1 heterocycles. The van der Waals surface area contributed by atoms with Gasteiger partial charge in [0.15, 0.2) is 0 Å². The summed E-state index contributed by atoms with van der Waals surface area (Å²) in [5.74, 6) is 2.98. The molecule has 0 bridgehead atoms. The van der Waals surface area contributed by atoms with Gasteiger partial charge in [-0.25, -0.2) is 0 Å². The van der Waals surface area contributed by atoms with Gasteiger partial charge >= 0.3 is 0 Å². The van der Waals surface area contributed by atoms with Crippen LogP contribution >= 0.6 is 0 Å². The molecule has 1 aromatic rings. The molecule has 1 heteroatoms. The van der Waals surface area contributed by atoms with Gasteiger partial charge < -0.3 is 0 Å². The van der Waals surface area contributed by atoms with Gasteiger partial charge in [-0.1, -0.05) is 27.7 Å². The number of aromatic nitrogens is 1. The van der Waals surface area contributed by atoms with E-state index in [1.54, 1.807) is 0 Å². The third kappa shape index (κ3) is 1.26. The fourth-order valence-corrected chi connectivity index (χ4v) is 2.84. The maximum Gasteiger partial charge on any atom is 0.0305 e. The molecule has 0 fully saturated rings. The Morgan fingerprint density at radius 2 is 1.57 bits per heavy atom. The molecule has 0 aliphatic heterocycles. The number of nitrogens with zero attached hydrogens (tertiary/aromatic N) is 1. The SMILES string of the molecule is CC(C)C1c2ccncc2C1C(C)C. The number of pyridine rings is 1. The molecule has 14 heavy (non-hydrogen) atoms. The van der Waals surface area contributed by atoms with Crippen molar-refractivity contribution in [2.75, 3.05) is 0 Å². The first-order chi connectivity index (χ1) is 6.63. The monoisotopic (exact) mass is 189 g/mol. The van der Waals surface area contributed by atoms with Crippen molar-refractivity contribution >= 4 is 0 Å². The number of rotatable bonds is 2. The van der Waals surface area contributed by atoms with E-state index in [0.717, 1.165) is 23.7 Å². The molecule has 1 aliphatic rings. The van der Waals surface area contributed by atoms with E-state index < -0.39 is 0 Å². The quantitative estimate of drug-likeness (QED) is 0.693. The Morgan fingerprint density at radius 1 is 1.00 bits per heavy atom. The first kappa shape index (κ1) is 9.70. The Labute approximate surface area is 86.6 Å². The minimum Gasteiger partial charge on any atom is -0.264 e. The third-order valence-electron chi connectivity index (χ3n) is 3.43. The molecular weight excluding hydrogens is 170 g/mol. The first-order valence-corrected chi connectivity index (χ1v) is 5.56. The van der Waals surface area contributed by atoms with Gasteiger partial charge in [-0.2, -0.15) is 0 Å². The van der Waals surface area contributed by atoms with Crippen LogP contribution in [0.2, 0.25) is 0 Å². The van der Waals surface area contributed by atoms with Gasteiger partial charge in [0.1, 0.15) is 0 Å². The lowest BCUT2D eigenvalue weighted by Crippen LogP contribution is -2.31. The van der Waals surface area contributed by atoms with Crippen LogP contribution in [0, 0.1) is 11.8 Å². The van der Waals surface area contributed by atoms with E-state index in [0.29, 0.717) is 0 Å². The van der Waals surface area contributed by atoms with Gasteiger partial charge in [0.2, 0.25) is 0 Å². The number of hydrogen-bond acceptors (Lipinski definition) is 1. The summed E-state index contributed by atoms with van der Waals surface area (Å²) < 4.78 is 0. The Morgan fingerprint density at radius 3 is 2.14 bits per heavy atom. The Balaban J connectivity index is 2.37. The van der Waals surface area contributed by atoms with Crippen LogP contribution < -0.4 is 0 Å². The van der Waals surface area contributed by atoms with E-state index in [-0.39, 0.29) is 0 Å². The molecule has 1 aliphatic carbocycles. The van der Waals surface area contributed by atoms with Gasteiger partial charge in [0.05, 0.1) is 0 Å². The summed E-state index contributed by atoms with van der Waals surface area (Å²) in [6.07, 6.45) is 3.98. The molecule has 1 nitrogen and oxygen atoms in total. The minimum atomic E-state index is 0.735. The average Bonchev–Trinajstić information content (AvgIpc) is 2.05. The van der Waals surface area contributed by atoms with Gasteiger partial charge in [-0.3, -0.25) is 4.98 Å². The summed E-state index contributed by atoms with van der Waals surface area (Å²) in [5, 5.41) is 0. The predicted molar refractivity (Wildman–Crippen MR) is 59.4 cm³/mol. The standard InChI is InChI=1S/C13H19N/c1-8(2)12-10-5-6-14-7-11(10)13(12)9(3)4/h5-9,12-13H,1-4H3. The van der Waals surface area contributed by atoms with Gasteiger partial charge in [-0.05, 0) is 40.9 Å². The lowest BCUT2D eigenvalue weighted by Gasteiger charge is -2.44. The number of hydrogen-bond donors (Lipinski definition) is 0. The molecule has 2 atom stereocenters. The topological polar surface area (TPSA) is 12.9 Å². The molecule has 0 saturated heterocycles. The van der Waals surface area contributed by atoms with E-state index in [4.69, 9.17) is 0 Å². The Kier molecular flexibility index (Phi) is 2.34. The van der Waals surface area contributed by atoms with E-state index in [1.807, 2.05) is 6.20 Å². The lowest BCUT2D eigenvalue weighted by atomic mass is 9.60. The fraction of sp³-hybridized carbons (Fsp3) is 0.615. The summed E-state index contributed by atoms with van der Waals surface area (Å²) >= 11 is 0. The van der Waals surface area contributed by atoms with Gasteiger partial charge in [-0.15, -0.1) is 0 Å². The largest absolute Gasteiger partial charge is 0.264 e. The van der Waals surface area contributed by atoms with Crippen molar-refractivity contribution in [1.82, 2.24) is 4.98 Å². The van der Waals surface area contributed by atoms with Crippen LogP contribution in [0.3, 0.4) is 0 Å². The van der Waals surface area contributed by atoms with Gasteiger partial charge in [0, 0.05) is 12.4 Å².